The van der Waals surface area contributed by atoms with Crippen molar-refractivity contribution in [1.29, 1.82) is 0 Å². The van der Waals surface area contributed by atoms with Crippen molar-refractivity contribution < 1.29 is 14.4 Å². The van der Waals surface area contributed by atoms with Crippen LogP contribution in [0.1, 0.15) is 12.0 Å². The van der Waals surface area contributed by atoms with Crippen molar-refractivity contribution in [2.24, 2.45) is 0 Å². The van der Waals surface area contributed by atoms with Gasteiger partial charge in [-0.15, -0.1) is 0 Å². The molecule has 1 aliphatic rings. The van der Waals surface area contributed by atoms with Crippen molar-refractivity contribution in [2.75, 3.05) is 38.2 Å². The third-order valence-electron chi connectivity index (χ3n) is 3.21. The lowest BCUT2D eigenvalue weighted by Gasteiger charge is -2.23. The molecule has 0 unspecified atom stereocenters. The summed E-state index contributed by atoms with van der Waals surface area (Å²) in [5.41, 5.74) is 2.04. The molecule has 0 atom stereocenters. The molecule has 1 amide bonds. The van der Waals surface area contributed by atoms with E-state index in [1.807, 2.05) is 31.2 Å². The second-order valence-electron chi connectivity index (χ2n) is 4.78. The molecule has 0 radical (unpaired) electrons. The number of rotatable bonds is 4. The lowest BCUT2D eigenvalue weighted by Crippen LogP contribution is -3.14. The van der Waals surface area contributed by atoms with Gasteiger partial charge in [-0.2, -0.15) is 0 Å². The number of hydrogen-bond acceptors (Lipinski definition) is 2. The second kappa shape index (κ2) is 6.52. The van der Waals surface area contributed by atoms with Crippen LogP contribution in [0, 0.1) is 6.92 Å². The number of quaternary nitrogens is 1. The molecule has 1 aromatic rings. The van der Waals surface area contributed by atoms with Gasteiger partial charge in [0.2, 0.25) is 5.91 Å². The zero-order valence-corrected chi connectivity index (χ0v) is 10.9. The van der Waals surface area contributed by atoms with Gasteiger partial charge in [0, 0.05) is 5.69 Å². The van der Waals surface area contributed by atoms with E-state index in [0.29, 0.717) is 6.42 Å². The Labute approximate surface area is 108 Å². The van der Waals surface area contributed by atoms with Gasteiger partial charge >= 0.3 is 0 Å². The number of amides is 1. The molecule has 18 heavy (non-hydrogen) atoms. The number of carbonyl (C=O) groups excluding carboxylic acids is 1. The van der Waals surface area contributed by atoms with Crippen LogP contribution in [-0.4, -0.2) is 38.8 Å². The molecule has 0 bridgehead atoms. The molecule has 4 heteroatoms. The summed E-state index contributed by atoms with van der Waals surface area (Å²) in [5.74, 6) is 0.0968. The minimum absolute atomic E-state index is 0.0968. The van der Waals surface area contributed by atoms with Gasteiger partial charge < -0.3 is 15.0 Å². The van der Waals surface area contributed by atoms with Crippen LogP contribution < -0.4 is 10.2 Å². The van der Waals surface area contributed by atoms with Crippen molar-refractivity contribution in [3.8, 4) is 0 Å². The average Bonchev–Trinajstić information content (AvgIpc) is 2.38. The van der Waals surface area contributed by atoms with Crippen LogP contribution in [0.15, 0.2) is 24.3 Å². The zero-order valence-electron chi connectivity index (χ0n) is 10.9. The number of hydrogen-bond donors (Lipinski definition) is 2. The molecule has 0 aromatic heterocycles. The van der Waals surface area contributed by atoms with Gasteiger partial charge in [0.25, 0.3) is 0 Å². The molecule has 0 saturated carbocycles. The van der Waals surface area contributed by atoms with E-state index in [2.05, 4.69) is 5.32 Å². The number of ether oxygens (including phenoxy) is 1. The third kappa shape index (κ3) is 4.13. The fourth-order valence-corrected chi connectivity index (χ4v) is 2.15. The fourth-order valence-electron chi connectivity index (χ4n) is 2.15. The Morgan fingerprint density at radius 3 is 2.89 bits per heavy atom. The molecule has 2 N–H and O–H groups in total. The lowest BCUT2D eigenvalue weighted by atomic mass is 10.2. The van der Waals surface area contributed by atoms with Crippen LogP contribution in [0.4, 0.5) is 5.69 Å². The summed E-state index contributed by atoms with van der Waals surface area (Å²) in [5, 5.41) is 2.94. The smallest absolute Gasteiger partial charge is 0.230 e. The van der Waals surface area contributed by atoms with Gasteiger partial charge in [-0.1, -0.05) is 12.1 Å². The van der Waals surface area contributed by atoms with Crippen LogP contribution >= 0.6 is 0 Å². The Hall–Kier alpha value is -1.39. The molecular weight excluding hydrogens is 228 g/mol. The number of morpholine rings is 1. The number of anilines is 1. The predicted octanol–water partition coefficient (Wildman–Crippen LogP) is 0.239. The van der Waals surface area contributed by atoms with Gasteiger partial charge in [0.05, 0.1) is 26.2 Å². The number of carbonyl (C=O) groups is 1. The molecule has 1 heterocycles. The monoisotopic (exact) mass is 249 g/mol. The molecule has 0 spiro atoms. The maximum atomic E-state index is 11.8. The van der Waals surface area contributed by atoms with Crippen LogP contribution in [0.5, 0.6) is 0 Å². The second-order valence-corrected chi connectivity index (χ2v) is 4.78. The first-order valence-electron chi connectivity index (χ1n) is 6.52. The number of aryl methyl sites for hydroxylation is 1. The maximum Gasteiger partial charge on any atom is 0.230 e. The van der Waals surface area contributed by atoms with Gasteiger partial charge in [-0.05, 0) is 24.6 Å². The Kier molecular flexibility index (Phi) is 4.73. The zero-order chi connectivity index (χ0) is 12.8. The lowest BCUT2D eigenvalue weighted by molar-refractivity contribution is -0.907. The van der Waals surface area contributed by atoms with Crippen LogP contribution in [0.25, 0.3) is 0 Å². The van der Waals surface area contributed by atoms with Crippen LogP contribution in [0.2, 0.25) is 0 Å². The van der Waals surface area contributed by atoms with Crippen LogP contribution in [-0.2, 0) is 9.53 Å². The van der Waals surface area contributed by atoms with Crippen molar-refractivity contribution in [3.63, 3.8) is 0 Å². The Morgan fingerprint density at radius 1 is 1.39 bits per heavy atom. The highest BCUT2D eigenvalue weighted by Crippen LogP contribution is 2.09. The van der Waals surface area contributed by atoms with Gasteiger partial charge in [-0.25, -0.2) is 0 Å². The van der Waals surface area contributed by atoms with Gasteiger partial charge in [0.15, 0.2) is 0 Å². The quantitative estimate of drug-likeness (QED) is 0.802. The summed E-state index contributed by atoms with van der Waals surface area (Å²) >= 11 is 0. The SMILES string of the molecule is Cc1cccc(NC(=O)CC[NH+]2CCOCC2)c1. The van der Waals surface area contributed by atoms with E-state index in [4.69, 9.17) is 4.74 Å². The molecule has 0 aliphatic carbocycles. The molecule has 1 aromatic carbocycles. The van der Waals surface area contributed by atoms with Gasteiger partial charge in [0.1, 0.15) is 13.1 Å². The number of nitrogens with one attached hydrogen (secondary N) is 2. The first-order chi connectivity index (χ1) is 8.74. The molecule has 2 rings (SSSR count). The highest BCUT2D eigenvalue weighted by Gasteiger charge is 2.15. The van der Waals surface area contributed by atoms with E-state index in [1.165, 1.54) is 4.90 Å². The minimum Gasteiger partial charge on any atom is -0.370 e. The Bertz CT molecular complexity index is 401. The Balaban J connectivity index is 1.74. The summed E-state index contributed by atoms with van der Waals surface area (Å²) < 4.78 is 5.29. The van der Waals surface area contributed by atoms with Crippen molar-refractivity contribution in [3.05, 3.63) is 29.8 Å². The van der Waals surface area contributed by atoms with Crippen molar-refractivity contribution in [2.45, 2.75) is 13.3 Å². The largest absolute Gasteiger partial charge is 0.370 e. The first-order valence-corrected chi connectivity index (χ1v) is 6.52. The summed E-state index contributed by atoms with van der Waals surface area (Å²) in [4.78, 5) is 13.3. The highest BCUT2D eigenvalue weighted by atomic mass is 16.5. The van der Waals surface area contributed by atoms with E-state index < -0.39 is 0 Å². The van der Waals surface area contributed by atoms with Crippen molar-refractivity contribution >= 4 is 11.6 Å². The standard InChI is InChI=1S/C14H20N2O2/c1-12-3-2-4-13(11-12)15-14(17)5-6-16-7-9-18-10-8-16/h2-4,11H,5-10H2,1H3,(H,15,17)/p+1. The predicted molar refractivity (Wildman–Crippen MR) is 70.8 cm³/mol. The van der Waals surface area contributed by atoms with E-state index in [0.717, 1.165) is 44.1 Å². The van der Waals surface area contributed by atoms with E-state index in [1.54, 1.807) is 0 Å². The Morgan fingerprint density at radius 2 is 2.17 bits per heavy atom. The third-order valence-corrected chi connectivity index (χ3v) is 3.21. The maximum absolute atomic E-state index is 11.8. The van der Waals surface area contributed by atoms with E-state index >= 15 is 0 Å². The fraction of sp³-hybridized carbons (Fsp3) is 0.500. The molecule has 1 saturated heterocycles. The first kappa shape index (κ1) is 13.1. The van der Waals surface area contributed by atoms with E-state index in [-0.39, 0.29) is 5.91 Å². The minimum atomic E-state index is 0.0968. The van der Waals surface area contributed by atoms with E-state index in [9.17, 15) is 4.79 Å². The molecule has 98 valence electrons. The van der Waals surface area contributed by atoms with Crippen LogP contribution in [0.3, 0.4) is 0 Å². The molecular formula is C14H21N2O2+. The molecule has 1 fully saturated rings. The molecule has 4 nitrogen and oxygen atoms in total. The number of benzene rings is 1. The summed E-state index contributed by atoms with van der Waals surface area (Å²) in [7, 11) is 0. The highest BCUT2D eigenvalue weighted by molar-refractivity contribution is 5.90. The van der Waals surface area contributed by atoms with Crippen molar-refractivity contribution in [1.82, 2.24) is 0 Å². The van der Waals surface area contributed by atoms with Gasteiger partial charge in [-0.3, -0.25) is 4.79 Å². The molecule has 1 aliphatic heterocycles. The normalized spacial score (nSPS) is 16.5. The summed E-state index contributed by atoms with van der Waals surface area (Å²) in [6.07, 6.45) is 0.573. The average molecular weight is 249 g/mol. The summed E-state index contributed by atoms with van der Waals surface area (Å²) in [6, 6.07) is 7.89. The topological polar surface area (TPSA) is 42.8 Å². The summed E-state index contributed by atoms with van der Waals surface area (Å²) in [6.45, 7) is 6.56.